The maximum atomic E-state index is 12.7. The molecule has 0 spiro atoms. The number of hydrogen-bond acceptors (Lipinski definition) is 5. The first-order chi connectivity index (χ1) is 13.5. The largest absolute Gasteiger partial charge is 0.350 e. The van der Waals surface area contributed by atoms with Gasteiger partial charge in [0.05, 0.1) is 18.6 Å². The van der Waals surface area contributed by atoms with Crippen molar-refractivity contribution in [3.63, 3.8) is 0 Å². The second-order valence-electron chi connectivity index (χ2n) is 6.07. The number of hydrogen-bond donors (Lipinski definition) is 2. The summed E-state index contributed by atoms with van der Waals surface area (Å²) in [5.41, 5.74) is 7.56. The van der Waals surface area contributed by atoms with E-state index in [-0.39, 0.29) is 37.0 Å². The Balaban J connectivity index is 0.00000300. The van der Waals surface area contributed by atoms with Crippen LogP contribution in [0, 0.1) is 0 Å². The topological polar surface area (TPSA) is 108 Å². The van der Waals surface area contributed by atoms with Gasteiger partial charge in [0, 0.05) is 19.7 Å². The third-order valence-electron chi connectivity index (χ3n) is 4.02. The number of benzene rings is 1. The molecule has 10 heteroatoms. The van der Waals surface area contributed by atoms with E-state index in [0.29, 0.717) is 17.8 Å². The van der Waals surface area contributed by atoms with E-state index < -0.39 is 5.69 Å². The van der Waals surface area contributed by atoms with Crippen molar-refractivity contribution < 1.29 is 9.18 Å². The summed E-state index contributed by atoms with van der Waals surface area (Å²) in [6.07, 6.45) is 3.36. The number of anilines is 1. The molecule has 0 bridgehead atoms. The van der Waals surface area contributed by atoms with Gasteiger partial charge in [-0.15, -0.1) is 12.4 Å². The van der Waals surface area contributed by atoms with E-state index in [4.69, 9.17) is 5.73 Å². The van der Waals surface area contributed by atoms with E-state index in [0.717, 1.165) is 15.8 Å². The minimum Gasteiger partial charge on any atom is -0.327 e. The summed E-state index contributed by atoms with van der Waals surface area (Å²) < 4.78 is 15.2. The van der Waals surface area contributed by atoms with Crippen molar-refractivity contribution in [2.75, 3.05) is 11.9 Å². The molecular weight excluding hydrogens is 399 g/mol. The van der Waals surface area contributed by atoms with E-state index in [1.165, 1.54) is 17.8 Å². The molecular formula is C19H20ClFN6O2. The molecule has 0 aliphatic heterocycles. The molecule has 8 nitrogen and oxygen atoms in total. The van der Waals surface area contributed by atoms with Gasteiger partial charge in [-0.1, -0.05) is 12.1 Å². The molecule has 2 heterocycles. The monoisotopic (exact) mass is 418 g/mol. The summed E-state index contributed by atoms with van der Waals surface area (Å²) in [5.74, 6) is 0.226. The van der Waals surface area contributed by atoms with Crippen LogP contribution in [0.15, 0.2) is 65.6 Å². The molecule has 1 aromatic carbocycles. The zero-order chi connectivity index (χ0) is 20.1. The molecule has 3 rings (SSSR count). The lowest BCUT2D eigenvalue weighted by Crippen LogP contribution is -2.25. The fourth-order valence-electron chi connectivity index (χ4n) is 2.65. The number of amides is 1. The smallest absolute Gasteiger partial charge is 0.327 e. The van der Waals surface area contributed by atoms with E-state index in [9.17, 15) is 14.0 Å². The van der Waals surface area contributed by atoms with Gasteiger partial charge in [-0.2, -0.15) is 5.10 Å². The molecule has 0 atom stereocenters. The maximum Gasteiger partial charge on any atom is 0.350 e. The highest BCUT2D eigenvalue weighted by molar-refractivity contribution is 5.88. The Kier molecular flexibility index (Phi) is 7.40. The van der Waals surface area contributed by atoms with Gasteiger partial charge in [0.15, 0.2) is 0 Å². The molecule has 0 aliphatic rings. The zero-order valence-electron chi connectivity index (χ0n) is 15.6. The van der Waals surface area contributed by atoms with Gasteiger partial charge in [0.25, 0.3) is 0 Å². The van der Waals surface area contributed by atoms with Crippen molar-refractivity contribution in [2.45, 2.75) is 13.5 Å². The fraction of sp³-hybridized carbons (Fsp3) is 0.158. The number of aromatic nitrogens is 4. The van der Waals surface area contributed by atoms with Crippen LogP contribution in [0.2, 0.25) is 0 Å². The summed E-state index contributed by atoms with van der Waals surface area (Å²) in [7, 11) is 0. The minimum absolute atomic E-state index is 0. The van der Waals surface area contributed by atoms with Gasteiger partial charge < -0.3 is 11.1 Å². The van der Waals surface area contributed by atoms with Crippen molar-refractivity contribution in [3.8, 4) is 16.8 Å². The second kappa shape index (κ2) is 9.76. The number of carbonyl (C=O) groups is 1. The molecule has 0 radical (unpaired) electrons. The van der Waals surface area contributed by atoms with Crippen LogP contribution < -0.4 is 16.7 Å². The first kappa shape index (κ1) is 22.0. The molecule has 0 saturated carbocycles. The van der Waals surface area contributed by atoms with Gasteiger partial charge in [-0.3, -0.25) is 4.79 Å². The van der Waals surface area contributed by atoms with Crippen LogP contribution in [-0.2, 0) is 11.3 Å². The van der Waals surface area contributed by atoms with Crippen molar-refractivity contribution >= 4 is 24.1 Å². The number of rotatable bonds is 6. The maximum absolute atomic E-state index is 12.7. The summed E-state index contributed by atoms with van der Waals surface area (Å²) in [5, 5.41) is 6.66. The molecule has 152 valence electrons. The standard InChI is InChI=1S/C19H19FN6O2.ClH/c1-13(27)24-18-8-16(5-6-22-18)15-3-2-4-17(7-15)25-12-23-26(19(25)28)11-14(9-20)10-21;/h2-9,12H,10-11,21H2,1H3,(H,22,24,27);1H/b14-9+;. The summed E-state index contributed by atoms with van der Waals surface area (Å²) >= 11 is 0. The first-order valence-corrected chi connectivity index (χ1v) is 8.49. The Morgan fingerprint density at radius 1 is 1.28 bits per heavy atom. The number of nitrogens with two attached hydrogens (primary N) is 1. The predicted molar refractivity (Wildman–Crippen MR) is 111 cm³/mol. The van der Waals surface area contributed by atoms with E-state index in [1.807, 2.05) is 12.1 Å². The Hall–Kier alpha value is -3.30. The number of pyridine rings is 1. The second-order valence-corrected chi connectivity index (χ2v) is 6.07. The highest BCUT2D eigenvalue weighted by Crippen LogP contribution is 2.23. The zero-order valence-corrected chi connectivity index (χ0v) is 16.4. The lowest BCUT2D eigenvalue weighted by atomic mass is 10.1. The van der Waals surface area contributed by atoms with E-state index in [2.05, 4.69) is 15.4 Å². The summed E-state index contributed by atoms with van der Waals surface area (Å²) in [4.78, 5) is 27.9. The average Bonchev–Trinajstić information content (AvgIpc) is 3.06. The van der Waals surface area contributed by atoms with Crippen LogP contribution >= 0.6 is 12.4 Å². The van der Waals surface area contributed by atoms with Crippen molar-refractivity contribution in [2.24, 2.45) is 5.73 Å². The quantitative estimate of drug-likeness (QED) is 0.638. The summed E-state index contributed by atoms with van der Waals surface area (Å²) in [6.45, 7) is 1.40. The molecule has 2 aromatic heterocycles. The molecule has 1 amide bonds. The van der Waals surface area contributed by atoms with Crippen LogP contribution in [-0.4, -0.2) is 31.8 Å². The van der Waals surface area contributed by atoms with Gasteiger partial charge in [-0.25, -0.2) is 23.4 Å². The summed E-state index contributed by atoms with van der Waals surface area (Å²) in [6, 6.07) is 10.8. The average molecular weight is 419 g/mol. The molecule has 0 aliphatic carbocycles. The highest BCUT2D eigenvalue weighted by atomic mass is 35.5. The van der Waals surface area contributed by atoms with E-state index in [1.54, 1.807) is 30.5 Å². The van der Waals surface area contributed by atoms with Gasteiger partial charge in [-0.05, 0) is 41.0 Å². The first-order valence-electron chi connectivity index (χ1n) is 8.49. The lowest BCUT2D eigenvalue weighted by Gasteiger charge is -2.07. The van der Waals surface area contributed by atoms with Crippen LogP contribution in [0.3, 0.4) is 0 Å². The van der Waals surface area contributed by atoms with Crippen LogP contribution in [0.1, 0.15) is 6.92 Å². The number of carbonyl (C=O) groups excluding carboxylic acids is 1. The third kappa shape index (κ3) is 5.15. The van der Waals surface area contributed by atoms with E-state index >= 15 is 0 Å². The third-order valence-corrected chi connectivity index (χ3v) is 4.02. The predicted octanol–water partition coefficient (Wildman–Crippen LogP) is 2.29. The van der Waals surface area contributed by atoms with Gasteiger partial charge in [0.2, 0.25) is 5.91 Å². The van der Waals surface area contributed by atoms with Gasteiger partial charge in [0.1, 0.15) is 12.1 Å². The van der Waals surface area contributed by atoms with Gasteiger partial charge >= 0.3 is 5.69 Å². The SMILES string of the molecule is CC(=O)Nc1cc(-c2cccc(-n3cnn(C/C(=C/F)CN)c3=O)c2)ccn1.Cl. The minimum atomic E-state index is -0.404. The van der Waals surface area contributed by atoms with Crippen molar-refractivity contribution in [1.82, 2.24) is 19.3 Å². The molecule has 29 heavy (non-hydrogen) atoms. The van der Waals surface area contributed by atoms with Crippen molar-refractivity contribution in [1.29, 1.82) is 0 Å². The van der Waals surface area contributed by atoms with Crippen LogP contribution in [0.5, 0.6) is 0 Å². The Morgan fingerprint density at radius 3 is 2.72 bits per heavy atom. The molecule has 0 saturated heterocycles. The van der Waals surface area contributed by atoms with Crippen LogP contribution in [0.4, 0.5) is 10.2 Å². The molecule has 3 aromatic rings. The number of nitrogens with zero attached hydrogens (tertiary/aromatic N) is 4. The fourth-order valence-corrected chi connectivity index (χ4v) is 2.65. The molecule has 3 N–H and O–H groups in total. The Bertz CT molecular complexity index is 1090. The Labute approximate surface area is 172 Å². The molecule has 0 unspecified atom stereocenters. The molecule has 0 fully saturated rings. The van der Waals surface area contributed by atoms with Crippen LogP contribution in [0.25, 0.3) is 16.8 Å². The number of halogens is 2. The Morgan fingerprint density at radius 2 is 2.03 bits per heavy atom. The highest BCUT2D eigenvalue weighted by Gasteiger charge is 2.10. The van der Waals surface area contributed by atoms with Crippen molar-refractivity contribution in [3.05, 3.63) is 71.3 Å². The lowest BCUT2D eigenvalue weighted by molar-refractivity contribution is -0.114. The normalized spacial score (nSPS) is 11.1. The number of nitrogens with one attached hydrogen (secondary N) is 1.